The van der Waals surface area contributed by atoms with Gasteiger partial charge in [-0.1, -0.05) is 18.5 Å². The number of benzene rings is 1. The van der Waals surface area contributed by atoms with E-state index in [4.69, 9.17) is 11.6 Å². The zero-order valence-corrected chi connectivity index (χ0v) is 11.9. The number of carbonyl (C=O) groups excluding carboxylic acids is 1. The predicted molar refractivity (Wildman–Crippen MR) is 71.0 cm³/mol. The van der Waals surface area contributed by atoms with Crippen LogP contribution in [0.3, 0.4) is 0 Å². The molecule has 0 saturated carbocycles. The van der Waals surface area contributed by atoms with Gasteiger partial charge in [-0.25, -0.2) is 0 Å². The summed E-state index contributed by atoms with van der Waals surface area (Å²) >= 11 is 9.23. The van der Waals surface area contributed by atoms with Crippen molar-refractivity contribution in [1.82, 2.24) is 5.32 Å². The molecule has 0 unspecified atom stereocenters. The first-order valence-corrected chi connectivity index (χ1v) is 6.30. The van der Waals surface area contributed by atoms with Crippen LogP contribution in [0.4, 0.5) is 0 Å². The highest BCUT2D eigenvalue weighted by molar-refractivity contribution is 9.10. The zero-order valence-electron chi connectivity index (χ0n) is 9.60. The van der Waals surface area contributed by atoms with Gasteiger partial charge in [0.2, 0.25) is 0 Å². The summed E-state index contributed by atoms with van der Waals surface area (Å²) in [4.78, 5) is 11.9. The molecule has 0 radical (unpaired) electrons. The van der Waals surface area contributed by atoms with Crippen molar-refractivity contribution in [3.05, 3.63) is 33.3 Å². The molecule has 0 aromatic heterocycles. The van der Waals surface area contributed by atoms with Gasteiger partial charge in [-0.05, 0) is 54.4 Å². The van der Waals surface area contributed by atoms with Gasteiger partial charge in [0.25, 0.3) is 5.91 Å². The van der Waals surface area contributed by atoms with Crippen LogP contribution in [0.1, 0.15) is 37.6 Å². The first kappa shape index (κ1) is 13.5. The van der Waals surface area contributed by atoms with Crippen molar-refractivity contribution in [3.8, 4) is 0 Å². The summed E-state index contributed by atoms with van der Waals surface area (Å²) in [7, 11) is 0. The molecule has 0 spiro atoms. The molecule has 0 heterocycles. The molecule has 0 bridgehead atoms. The second-order valence-corrected chi connectivity index (χ2v) is 5.58. The normalized spacial score (nSPS) is 11.3. The number of halogens is 2. The van der Waals surface area contributed by atoms with Crippen molar-refractivity contribution < 1.29 is 4.79 Å². The second-order valence-electron chi connectivity index (χ2n) is 4.32. The van der Waals surface area contributed by atoms with Gasteiger partial charge in [0.05, 0.1) is 5.02 Å². The summed E-state index contributed by atoms with van der Waals surface area (Å²) < 4.78 is 0.792. The Hall–Kier alpha value is -0.540. The number of hydrogen-bond acceptors (Lipinski definition) is 1. The third kappa shape index (κ3) is 3.49. The first-order valence-electron chi connectivity index (χ1n) is 5.13. The third-order valence-electron chi connectivity index (χ3n) is 2.52. The monoisotopic (exact) mass is 303 g/mol. The highest BCUT2D eigenvalue weighted by atomic mass is 79.9. The molecule has 16 heavy (non-hydrogen) atoms. The number of nitrogens with one attached hydrogen (secondary N) is 1. The van der Waals surface area contributed by atoms with Crippen LogP contribution in [0, 0.1) is 0 Å². The van der Waals surface area contributed by atoms with Crippen molar-refractivity contribution in [2.75, 3.05) is 0 Å². The van der Waals surface area contributed by atoms with Crippen LogP contribution in [0.5, 0.6) is 0 Å². The predicted octanol–water partition coefficient (Wildman–Crippen LogP) is 4.02. The Bertz CT molecular complexity index is 404. The Morgan fingerprint density at radius 1 is 1.50 bits per heavy atom. The molecule has 0 aliphatic carbocycles. The molecule has 4 heteroatoms. The topological polar surface area (TPSA) is 29.1 Å². The average molecular weight is 305 g/mol. The lowest BCUT2D eigenvalue weighted by atomic mass is 10.0. The molecular formula is C12H15BrClNO. The summed E-state index contributed by atoms with van der Waals surface area (Å²) in [5.41, 5.74) is 0.381. The molecule has 0 aliphatic rings. The van der Waals surface area contributed by atoms with Gasteiger partial charge in [0.1, 0.15) is 0 Å². The molecule has 1 aromatic carbocycles. The van der Waals surface area contributed by atoms with Crippen molar-refractivity contribution in [2.45, 2.75) is 32.7 Å². The van der Waals surface area contributed by atoms with Crippen molar-refractivity contribution in [3.63, 3.8) is 0 Å². The van der Waals surface area contributed by atoms with E-state index in [2.05, 4.69) is 21.2 Å². The van der Waals surface area contributed by atoms with Gasteiger partial charge in [0.15, 0.2) is 0 Å². The van der Waals surface area contributed by atoms with E-state index in [1.165, 1.54) is 0 Å². The fraction of sp³-hybridized carbons (Fsp3) is 0.417. The lowest BCUT2D eigenvalue weighted by Crippen LogP contribution is -2.42. The van der Waals surface area contributed by atoms with Crippen molar-refractivity contribution in [1.29, 1.82) is 0 Å². The Balaban J connectivity index is 2.85. The summed E-state index contributed by atoms with van der Waals surface area (Å²) in [6.07, 6.45) is 0.878. The van der Waals surface area contributed by atoms with Crippen LogP contribution in [0.2, 0.25) is 5.02 Å². The Kier molecular flexibility index (Phi) is 4.39. The summed E-state index contributed by atoms with van der Waals surface area (Å²) in [6.45, 7) is 6.02. The Morgan fingerprint density at radius 2 is 2.12 bits per heavy atom. The lowest BCUT2D eigenvalue weighted by Gasteiger charge is -2.24. The van der Waals surface area contributed by atoms with Crippen LogP contribution < -0.4 is 5.32 Å². The third-order valence-corrected chi connectivity index (χ3v) is 3.75. The second kappa shape index (κ2) is 5.19. The number of amides is 1. The van der Waals surface area contributed by atoms with Gasteiger partial charge in [-0.3, -0.25) is 4.79 Å². The molecule has 2 nitrogen and oxygen atoms in total. The summed E-state index contributed by atoms with van der Waals surface area (Å²) in [5.74, 6) is -0.0961. The first-order chi connectivity index (χ1) is 7.35. The minimum Gasteiger partial charge on any atom is -0.347 e. The molecule has 0 aliphatic heterocycles. The van der Waals surface area contributed by atoms with Gasteiger partial charge in [0, 0.05) is 15.6 Å². The van der Waals surface area contributed by atoms with Crippen molar-refractivity contribution >= 4 is 33.4 Å². The quantitative estimate of drug-likeness (QED) is 0.898. The lowest BCUT2D eigenvalue weighted by molar-refractivity contribution is 0.0911. The van der Waals surface area contributed by atoms with E-state index in [0.717, 1.165) is 10.9 Å². The largest absolute Gasteiger partial charge is 0.347 e. The van der Waals surface area contributed by atoms with E-state index in [-0.39, 0.29) is 11.4 Å². The molecule has 1 rings (SSSR count). The molecule has 0 atom stereocenters. The van der Waals surface area contributed by atoms with E-state index in [9.17, 15) is 4.79 Å². The molecule has 0 saturated heterocycles. The van der Waals surface area contributed by atoms with E-state index >= 15 is 0 Å². The van der Waals surface area contributed by atoms with Crippen LogP contribution in [-0.2, 0) is 0 Å². The summed E-state index contributed by atoms with van der Waals surface area (Å²) in [6, 6.07) is 5.18. The highest BCUT2D eigenvalue weighted by Crippen LogP contribution is 2.23. The van der Waals surface area contributed by atoms with E-state index in [1.54, 1.807) is 18.2 Å². The average Bonchev–Trinajstić information content (AvgIpc) is 2.21. The number of hydrogen-bond donors (Lipinski definition) is 1. The molecule has 1 aromatic rings. The minimum atomic E-state index is -0.198. The standard InChI is InChI=1S/C12H15BrClNO/c1-4-12(2,3)15-11(16)8-5-6-9(13)10(14)7-8/h5-7H,4H2,1-3H3,(H,15,16). The number of carbonyl (C=O) groups is 1. The summed E-state index contributed by atoms with van der Waals surface area (Å²) in [5, 5.41) is 3.50. The zero-order chi connectivity index (χ0) is 12.3. The SMILES string of the molecule is CCC(C)(C)NC(=O)c1ccc(Br)c(Cl)c1. The Labute approximate surface area is 110 Å². The minimum absolute atomic E-state index is 0.0961. The van der Waals surface area contributed by atoms with Crippen LogP contribution in [-0.4, -0.2) is 11.4 Å². The van der Waals surface area contributed by atoms with Gasteiger partial charge in [-0.15, -0.1) is 0 Å². The fourth-order valence-electron chi connectivity index (χ4n) is 1.11. The maximum absolute atomic E-state index is 11.9. The van der Waals surface area contributed by atoms with Gasteiger partial charge in [-0.2, -0.15) is 0 Å². The smallest absolute Gasteiger partial charge is 0.251 e. The van der Waals surface area contributed by atoms with Crippen LogP contribution >= 0.6 is 27.5 Å². The number of rotatable bonds is 3. The molecule has 0 fully saturated rings. The maximum Gasteiger partial charge on any atom is 0.251 e. The Morgan fingerprint density at radius 3 is 2.62 bits per heavy atom. The molecular weight excluding hydrogens is 289 g/mol. The van der Waals surface area contributed by atoms with Gasteiger partial charge < -0.3 is 5.32 Å². The van der Waals surface area contributed by atoms with E-state index < -0.39 is 0 Å². The van der Waals surface area contributed by atoms with Crippen molar-refractivity contribution in [2.24, 2.45) is 0 Å². The highest BCUT2D eigenvalue weighted by Gasteiger charge is 2.19. The fourth-order valence-corrected chi connectivity index (χ4v) is 1.53. The molecule has 1 N–H and O–H groups in total. The molecule has 1 amide bonds. The van der Waals surface area contributed by atoms with E-state index in [1.807, 2.05) is 20.8 Å². The van der Waals surface area contributed by atoms with E-state index in [0.29, 0.717) is 10.6 Å². The van der Waals surface area contributed by atoms with Crippen LogP contribution in [0.15, 0.2) is 22.7 Å². The van der Waals surface area contributed by atoms with Crippen LogP contribution in [0.25, 0.3) is 0 Å². The maximum atomic E-state index is 11.9. The molecule has 88 valence electrons. The van der Waals surface area contributed by atoms with Gasteiger partial charge >= 0.3 is 0 Å².